The molecule has 138 valence electrons. The van der Waals surface area contributed by atoms with Crippen LogP contribution in [0.15, 0.2) is 42.5 Å². The maximum Gasteiger partial charge on any atom is 0.206 e. The van der Waals surface area contributed by atoms with Crippen molar-refractivity contribution in [2.45, 2.75) is 0 Å². The highest BCUT2D eigenvalue weighted by molar-refractivity contribution is 7.18. The average Bonchev–Trinajstić information content (AvgIpc) is 3.07. The van der Waals surface area contributed by atoms with E-state index in [4.69, 9.17) is 19.9 Å². The molecule has 0 spiro atoms. The SMILES string of the molecule is COc1ccc(Nc2nc(N)c(C(=O)c3ccc4c(c3)OCCO4)s2)cc1. The van der Waals surface area contributed by atoms with Crippen LogP contribution in [0.25, 0.3) is 0 Å². The van der Waals surface area contributed by atoms with Crippen LogP contribution in [0, 0.1) is 0 Å². The third-order valence-corrected chi connectivity index (χ3v) is 4.99. The van der Waals surface area contributed by atoms with Gasteiger partial charge in [-0.2, -0.15) is 0 Å². The molecule has 3 N–H and O–H groups in total. The first-order valence-electron chi connectivity index (χ1n) is 8.26. The zero-order valence-electron chi connectivity index (χ0n) is 14.5. The average molecular weight is 383 g/mol. The fourth-order valence-corrected chi connectivity index (χ4v) is 3.53. The Morgan fingerprint density at radius 3 is 2.63 bits per heavy atom. The van der Waals surface area contributed by atoms with Gasteiger partial charge in [-0.05, 0) is 42.5 Å². The van der Waals surface area contributed by atoms with E-state index in [0.717, 1.165) is 11.4 Å². The number of methoxy groups -OCH3 is 1. The molecule has 4 rings (SSSR count). The van der Waals surface area contributed by atoms with Gasteiger partial charge in [-0.3, -0.25) is 4.79 Å². The van der Waals surface area contributed by atoms with Crippen molar-refractivity contribution in [2.75, 3.05) is 31.4 Å². The number of fused-ring (bicyclic) bond motifs is 1. The van der Waals surface area contributed by atoms with Crippen LogP contribution in [0.2, 0.25) is 0 Å². The van der Waals surface area contributed by atoms with Crippen molar-refractivity contribution in [1.29, 1.82) is 0 Å². The number of hydrogen-bond acceptors (Lipinski definition) is 8. The second-order valence-corrected chi connectivity index (χ2v) is 6.77. The summed E-state index contributed by atoms with van der Waals surface area (Å²) in [6, 6.07) is 12.5. The van der Waals surface area contributed by atoms with Gasteiger partial charge in [-0.25, -0.2) is 4.98 Å². The number of ketones is 1. The summed E-state index contributed by atoms with van der Waals surface area (Å²) in [6.45, 7) is 0.964. The van der Waals surface area contributed by atoms with Crippen LogP contribution in [-0.4, -0.2) is 31.1 Å². The van der Waals surface area contributed by atoms with Crippen molar-refractivity contribution >= 4 is 33.8 Å². The topological polar surface area (TPSA) is 95.7 Å². The molecule has 0 amide bonds. The highest BCUT2D eigenvalue weighted by Crippen LogP contribution is 2.34. The number of carbonyl (C=O) groups excluding carboxylic acids is 1. The lowest BCUT2D eigenvalue weighted by Crippen LogP contribution is -2.15. The van der Waals surface area contributed by atoms with Crippen molar-refractivity contribution in [3.8, 4) is 17.2 Å². The number of hydrogen-bond donors (Lipinski definition) is 2. The first kappa shape index (κ1) is 17.2. The standard InChI is InChI=1S/C19H17N3O4S/c1-24-13-5-3-12(4-6-13)21-19-22-18(20)17(27-19)16(23)11-2-7-14-15(10-11)26-9-8-25-14/h2-7,10H,8-9,20H2,1H3,(H,21,22). The molecular weight excluding hydrogens is 366 g/mol. The molecule has 0 saturated heterocycles. The molecule has 1 aliphatic heterocycles. The maximum atomic E-state index is 12.9. The fraction of sp³-hybridized carbons (Fsp3) is 0.158. The lowest BCUT2D eigenvalue weighted by molar-refractivity contribution is 0.104. The summed E-state index contributed by atoms with van der Waals surface area (Å²) in [5.74, 6) is 1.94. The Hall–Kier alpha value is -3.26. The molecule has 27 heavy (non-hydrogen) atoms. The lowest BCUT2D eigenvalue weighted by Gasteiger charge is -2.18. The Bertz CT molecular complexity index is 985. The third-order valence-electron chi connectivity index (χ3n) is 4.01. The Balaban J connectivity index is 1.56. The van der Waals surface area contributed by atoms with Gasteiger partial charge >= 0.3 is 0 Å². The molecule has 0 aliphatic carbocycles. The molecule has 2 heterocycles. The molecule has 0 fully saturated rings. The molecular formula is C19H17N3O4S. The number of nitrogens with one attached hydrogen (secondary N) is 1. The van der Waals surface area contributed by atoms with Crippen LogP contribution in [0.5, 0.6) is 17.2 Å². The number of rotatable bonds is 5. The summed E-state index contributed by atoms with van der Waals surface area (Å²) in [7, 11) is 1.61. The fourth-order valence-electron chi connectivity index (χ4n) is 2.66. The van der Waals surface area contributed by atoms with Gasteiger partial charge in [0.05, 0.1) is 7.11 Å². The van der Waals surface area contributed by atoms with Gasteiger partial charge in [0.15, 0.2) is 16.6 Å². The molecule has 0 unspecified atom stereocenters. The van der Waals surface area contributed by atoms with E-state index in [1.54, 1.807) is 25.3 Å². The predicted octanol–water partition coefficient (Wildman–Crippen LogP) is 3.48. The van der Waals surface area contributed by atoms with Crippen LogP contribution in [0.1, 0.15) is 15.2 Å². The number of nitrogens with two attached hydrogens (primary N) is 1. The van der Waals surface area contributed by atoms with E-state index >= 15 is 0 Å². The molecule has 0 radical (unpaired) electrons. The summed E-state index contributed by atoms with van der Waals surface area (Å²) in [5.41, 5.74) is 7.28. The third kappa shape index (κ3) is 3.52. The number of carbonyl (C=O) groups is 1. The van der Waals surface area contributed by atoms with Crippen molar-refractivity contribution in [2.24, 2.45) is 0 Å². The second-order valence-electron chi connectivity index (χ2n) is 5.77. The maximum absolute atomic E-state index is 12.9. The minimum absolute atomic E-state index is 0.191. The van der Waals surface area contributed by atoms with Gasteiger partial charge in [0, 0.05) is 11.3 Å². The van der Waals surface area contributed by atoms with E-state index < -0.39 is 0 Å². The summed E-state index contributed by atoms with van der Waals surface area (Å²) >= 11 is 1.20. The highest BCUT2D eigenvalue weighted by atomic mass is 32.1. The quantitative estimate of drug-likeness (QED) is 0.651. The van der Waals surface area contributed by atoms with Crippen LogP contribution < -0.4 is 25.3 Å². The smallest absolute Gasteiger partial charge is 0.206 e. The van der Waals surface area contributed by atoms with Gasteiger partial charge < -0.3 is 25.3 Å². The van der Waals surface area contributed by atoms with Crippen molar-refractivity contribution in [3.05, 3.63) is 52.9 Å². The van der Waals surface area contributed by atoms with Gasteiger partial charge in [-0.1, -0.05) is 11.3 Å². The first-order valence-corrected chi connectivity index (χ1v) is 9.07. The van der Waals surface area contributed by atoms with E-state index in [0.29, 0.717) is 40.3 Å². The predicted molar refractivity (Wildman–Crippen MR) is 104 cm³/mol. The van der Waals surface area contributed by atoms with E-state index in [1.165, 1.54) is 11.3 Å². The van der Waals surface area contributed by atoms with E-state index in [1.807, 2.05) is 24.3 Å². The number of nitrogens with zero attached hydrogens (tertiary/aromatic N) is 1. The van der Waals surface area contributed by atoms with Crippen LogP contribution in [0.4, 0.5) is 16.6 Å². The Morgan fingerprint density at radius 1 is 1.15 bits per heavy atom. The second kappa shape index (κ2) is 7.16. The number of aromatic nitrogens is 1. The molecule has 3 aromatic rings. The molecule has 2 aromatic carbocycles. The number of ether oxygens (including phenoxy) is 3. The molecule has 1 aromatic heterocycles. The van der Waals surface area contributed by atoms with E-state index in [9.17, 15) is 4.79 Å². The summed E-state index contributed by atoms with van der Waals surface area (Å²) in [4.78, 5) is 17.5. The first-order chi connectivity index (χ1) is 13.1. The van der Waals surface area contributed by atoms with Crippen LogP contribution in [-0.2, 0) is 0 Å². The summed E-state index contributed by atoms with van der Waals surface area (Å²) in [6.07, 6.45) is 0. The lowest BCUT2D eigenvalue weighted by atomic mass is 10.1. The van der Waals surface area contributed by atoms with Gasteiger partial charge in [-0.15, -0.1) is 0 Å². The highest BCUT2D eigenvalue weighted by Gasteiger charge is 2.21. The minimum atomic E-state index is -0.204. The normalized spacial score (nSPS) is 12.5. The van der Waals surface area contributed by atoms with Gasteiger partial charge in [0.1, 0.15) is 29.7 Å². The summed E-state index contributed by atoms with van der Waals surface area (Å²) in [5, 5.41) is 3.69. The zero-order chi connectivity index (χ0) is 18.8. The van der Waals surface area contributed by atoms with Crippen molar-refractivity contribution in [3.63, 3.8) is 0 Å². The van der Waals surface area contributed by atoms with Crippen molar-refractivity contribution in [1.82, 2.24) is 4.98 Å². The van der Waals surface area contributed by atoms with Crippen LogP contribution >= 0.6 is 11.3 Å². The van der Waals surface area contributed by atoms with Crippen LogP contribution in [0.3, 0.4) is 0 Å². The minimum Gasteiger partial charge on any atom is -0.497 e. The van der Waals surface area contributed by atoms with E-state index in [-0.39, 0.29) is 11.6 Å². The number of nitrogen functional groups attached to an aromatic ring is 1. The number of thiazole rings is 1. The Kier molecular flexibility index (Phi) is 4.55. The molecule has 0 atom stereocenters. The largest absolute Gasteiger partial charge is 0.497 e. The van der Waals surface area contributed by atoms with Gasteiger partial charge in [0.25, 0.3) is 0 Å². The Labute approximate surface area is 159 Å². The molecule has 7 nitrogen and oxygen atoms in total. The number of benzene rings is 2. The molecule has 0 saturated carbocycles. The van der Waals surface area contributed by atoms with E-state index in [2.05, 4.69) is 10.3 Å². The summed E-state index contributed by atoms with van der Waals surface area (Å²) < 4.78 is 16.2. The number of anilines is 3. The monoisotopic (exact) mass is 383 g/mol. The molecule has 0 bridgehead atoms. The Morgan fingerprint density at radius 2 is 1.89 bits per heavy atom. The van der Waals surface area contributed by atoms with Gasteiger partial charge in [0.2, 0.25) is 5.78 Å². The molecule has 1 aliphatic rings. The molecule has 8 heteroatoms. The van der Waals surface area contributed by atoms with Crippen molar-refractivity contribution < 1.29 is 19.0 Å². The zero-order valence-corrected chi connectivity index (χ0v) is 15.3.